The summed E-state index contributed by atoms with van der Waals surface area (Å²) < 4.78 is 5.08. The second kappa shape index (κ2) is 5.70. The highest BCUT2D eigenvalue weighted by molar-refractivity contribution is 7.99. The Morgan fingerprint density at radius 1 is 1.67 bits per heavy atom. The number of hydrogen-bond donors (Lipinski definition) is 2. The van der Waals surface area contributed by atoms with Gasteiger partial charge in [-0.1, -0.05) is 6.92 Å². The van der Waals surface area contributed by atoms with Gasteiger partial charge in [0.05, 0.1) is 0 Å². The molecule has 0 amide bonds. The van der Waals surface area contributed by atoms with Gasteiger partial charge in [-0.15, -0.1) is 0 Å². The predicted molar refractivity (Wildman–Crippen MR) is 61.8 cm³/mol. The van der Waals surface area contributed by atoms with Crippen molar-refractivity contribution in [1.82, 2.24) is 0 Å². The molecule has 0 bridgehead atoms. The van der Waals surface area contributed by atoms with E-state index in [2.05, 4.69) is 12.2 Å². The zero-order valence-corrected chi connectivity index (χ0v) is 9.63. The first kappa shape index (κ1) is 12.0. The predicted octanol–water partition coefficient (Wildman–Crippen LogP) is 2.53. The maximum Gasteiger partial charge on any atom is 0.371 e. The van der Waals surface area contributed by atoms with E-state index in [-0.39, 0.29) is 11.8 Å². The Morgan fingerprint density at radius 3 is 2.93 bits per heavy atom. The Kier molecular flexibility index (Phi) is 4.55. The van der Waals surface area contributed by atoms with Gasteiger partial charge >= 0.3 is 5.97 Å². The normalized spacial score (nSPS) is 12.4. The van der Waals surface area contributed by atoms with Gasteiger partial charge in [0.25, 0.3) is 0 Å². The Bertz CT molecular complexity index is 324. The minimum atomic E-state index is -1.04. The molecule has 1 rings (SSSR count). The van der Waals surface area contributed by atoms with E-state index < -0.39 is 5.97 Å². The highest BCUT2D eigenvalue weighted by atomic mass is 32.2. The minimum absolute atomic E-state index is 0.0344. The number of furan rings is 1. The Hall–Kier alpha value is -1.10. The van der Waals surface area contributed by atoms with Crippen molar-refractivity contribution in [2.45, 2.75) is 19.9 Å². The van der Waals surface area contributed by atoms with E-state index in [1.807, 2.05) is 18.7 Å². The summed E-state index contributed by atoms with van der Waals surface area (Å²) in [5.41, 5.74) is 0. The van der Waals surface area contributed by atoms with Crippen LogP contribution >= 0.6 is 11.8 Å². The van der Waals surface area contributed by atoms with Crippen LogP contribution in [0.25, 0.3) is 0 Å². The van der Waals surface area contributed by atoms with Gasteiger partial charge in [-0.2, -0.15) is 11.8 Å². The number of thioether (sulfide) groups is 1. The van der Waals surface area contributed by atoms with Crippen LogP contribution in [0.1, 0.15) is 24.4 Å². The van der Waals surface area contributed by atoms with Gasteiger partial charge in [0.1, 0.15) is 0 Å². The molecule has 1 atom stereocenters. The van der Waals surface area contributed by atoms with E-state index in [0.717, 1.165) is 11.5 Å². The number of carboxylic acids is 1. The standard InChI is InChI=1S/C10H15NO3S/c1-3-15-6-7(2)11-9-5-4-8(14-9)10(12)13/h4-5,7,11H,3,6H2,1-2H3,(H,12,13). The first-order valence-electron chi connectivity index (χ1n) is 4.81. The molecule has 0 aliphatic carbocycles. The topological polar surface area (TPSA) is 62.5 Å². The molecule has 0 aliphatic rings. The van der Waals surface area contributed by atoms with Gasteiger partial charge in [0, 0.05) is 17.9 Å². The monoisotopic (exact) mass is 229 g/mol. The Morgan fingerprint density at radius 2 is 2.40 bits per heavy atom. The van der Waals surface area contributed by atoms with Crippen molar-refractivity contribution in [1.29, 1.82) is 0 Å². The lowest BCUT2D eigenvalue weighted by Gasteiger charge is -2.11. The molecule has 2 N–H and O–H groups in total. The molecule has 0 fully saturated rings. The van der Waals surface area contributed by atoms with Crippen LogP contribution in [0.3, 0.4) is 0 Å². The van der Waals surface area contributed by atoms with Gasteiger partial charge in [0.15, 0.2) is 5.88 Å². The van der Waals surface area contributed by atoms with E-state index in [4.69, 9.17) is 9.52 Å². The third-order valence-electron chi connectivity index (χ3n) is 1.78. The molecule has 0 radical (unpaired) electrons. The molecule has 84 valence electrons. The molecule has 0 spiro atoms. The average molecular weight is 229 g/mol. The number of aromatic carboxylic acids is 1. The van der Waals surface area contributed by atoms with Crippen LogP contribution in [0, 0.1) is 0 Å². The molecule has 0 saturated carbocycles. The van der Waals surface area contributed by atoms with Crippen molar-refractivity contribution < 1.29 is 14.3 Å². The average Bonchev–Trinajstić information content (AvgIpc) is 2.63. The molecular formula is C10H15NO3S. The minimum Gasteiger partial charge on any atom is -0.475 e. The first-order chi connectivity index (χ1) is 7.13. The summed E-state index contributed by atoms with van der Waals surface area (Å²) in [6, 6.07) is 3.35. The van der Waals surface area contributed by atoms with Crippen molar-refractivity contribution in [3.8, 4) is 0 Å². The van der Waals surface area contributed by atoms with E-state index in [0.29, 0.717) is 5.88 Å². The Balaban J connectivity index is 2.46. The summed E-state index contributed by atoms with van der Waals surface area (Å²) >= 11 is 1.83. The molecule has 1 aromatic heterocycles. The van der Waals surface area contributed by atoms with Gasteiger partial charge in [0.2, 0.25) is 5.76 Å². The van der Waals surface area contributed by atoms with Crippen molar-refractivity contribution >= 4 is 23.6 Å². The van der Waals surface area contributed by atoms with Crippen LogP contribution < -0.4 is 5.32 Å². The second-order valence-electron chi connectivity index (χ2n) is 3.17. The van der Waals surface area contributed by atoms with E-state index in [1.165, 1.54) is 6.07 Å². The van der Waals surface area contributed by atoms with Crippen LogP contribution in [0.2, 0.25) is 0 Å². The van der Waals surface area contributed by atoms with Gasteiger partial charge in [-0.3, -0.25) is 0 Å². The molecule has 1 unspecified atom stereocenters. The second-order valence-corrected chi connectivity index (χ2v) is 4.49. The molecular weight excluding hydrogens is 214 g/mol. The van der Waals surface area contributed by atoms with Gasteiger partial charge in [-0.05, 0) is 18.7 Å². The lowest BCUT2D eigenvalue weighted by molar-refractivity contribution is 0.0663. The van der Waals surface area contributed by atoms with Crippen molar-refractivity contribution in [3.05, 3.63) is 17.9 Å². The number of carbonyl (C=O) groups is 1. The summed E-state index contributed by atoms with van der Waals surface area (Å²) in [4.78, 5) is 10.5. The smallest absolute Gasteiger partial charge is 0.371 e. The van der Waals surface area contributed by atoms with Crippen molar-refractivity contribution in [2.24, 2.45) is 0 Å². The fourth-order valence-electron chi connectivity index (χ4n) is 1.11. The van der Waals surface area contributed by atoms with E-state index in [1.54, 1.807) is 6.07 Å². The third kappa shape index (κ3) is 3.87. The molecule has 1 aromatic rings. The van der Waals surface area contributed by atoms with Crippen LogP contribution in [0.5, 0.6) is 0 Å². The largest absolute Gasteiger partial charge is 0.475 e. The fraction of sp³-hybridized carbons (Fsp3) is 0.500. The molecule has 0 aliphatic heterocycles. The summed E-state index contributed by atoms with van der Waals surface area (Å²) in [7, 11) is 0. The van der Waals surface area contributed by atoms with Gasteiger partial charge < -0.3 is 14.8 Å². The summed E-state index contributed by atoms with van der Waals surface area (Å²) in [6.07, 6.45) is 0. The van der Waals surface area contributed by atoms with E-state index >= 15 is 0 Å². The summed E-state index contributed by atoms with van der Waals surface area (Å²) in [6.45, 7) is 4.14. The number of carboxylic acid groups (broad SMARTS) is 1. The lowest BCUT2D eigenvalue weighted by atomic mass is 10.4. The van der Waals surface area contributed by atoms with Crippen LogP contribution in [-0.2, 0) is 0 Å². The van der Waals surface area contributed by atoms with Crippen LogP contribution in [0.4, 0.5) is 5.88 Å². The molecule has 4 nitrogen and oxygen atoms in total. The zero-order chi connectivity index (χ0) is 11.3. The van der Waals surface area contributed by atoms with E-state index in [9.17, 15) is 4.79 Å². The number of rotatable bonds is 6. The fourth-order valence-corrected chi connectivity index (χ4v) is 1.78. The molecule has 15 heavy (non-hydrogen) atoms. The maximum atomic E-state index is 10.5. The molecule has 0 saturated heterocycles. The maximum absolute atomic E-state index is 10.5. The lowest BCUT2D eigenvalue weighted by Crippen LogP contribution is -2.17. The van der Waals surface area contributed by atoms with Crippen LogP contribution in [-0.4, -0.2) is 28.6 Å². The number of hydrogen-bond acceptors (Lipinski definition) is 4. The molecule has 1 heterocycles. The summed E-state index contributed by atoms with van der Waals surface area (Å²) in [5, 5.41) is 11.7. The SMILES string of the molecule is CCSCC(C)Nc1ccc(C(=O)O)o1. The zero-order valence-electron chi connectivity index (χ0n) is 8.82. The van der Waals surface area contributed by atoms with Crippen molar-refractivity contribution in [2.75, 3.05) is 16.8 Å². The third-order valence-corrected chi connectivity index (χ3v) is 2.92. The highest BCUT2D eigenvalue weighted by Gasteiger charge is 2.10. The van der Waals surface area contributed by atoms with Crippen molar-refractivity contribution in [3.63, 3.8) is 0 Å². The molecule has 0 aromatic carbocycles. The quantitative estimate of drug-likeness (QED) is 0.784. The van der Waals surface area contributed by atoms with Gasteiger partial charge in [-0.25, -0.2) is 4.79 Å². The highest BCUT2D eigenvalue weighted by Crippen LogP contribution is 2.15. The number of nitrogens with one attached hydrogen (secondary N) is 1. The molecule has 5 heteroatoms. The summed E-state index contributed by atoms with van der Waals surface area (Å²) in [5.74, 6) is 1.48. The first-order valence-corrected chi connectivity index (χ1v) is 5.96. The van der Waals surface area contributed by atoms with Crippen LogP contribution in [0.15, 0.2) is 16.5 Å². The Labute approximate surface area is 93.0 Å². The number of anilines is 1.